The highest BCUT2D eigenvalue weighted by Gasteiger charge is 2.73. The molecule has 0 unspecified atom stereocenters. The van der Waals surface area contributed by atoms with Crippen LogP contribution in [-0.4, -0.2) is 55.0 Å². The molecule has 3 aliphatic heterocycles. The van der Waals surface area contributed by atoms with Crippen LogP contribution in [0.1, 0.15) is 54.4 Å². The molecule has 0 N–H and O–H groups in total. The smallest absolute Gasteiger partial charge is 0.172 e. The summed E-state index contributed by atoms with van der Waals surface area (Å²) in [4.78, 5) is 14.5. The molecule has 6 heteroatoms. The predicted molar refractivity (Wildman–Crippen MR) is 114 cm³/mol. The molecular weight excluding hydrogens is 396 g/mol. The van der Waals surface area contributed by atoms with E-state index in [1.54, 1.807) is 0 Å². The van der Waals surface area contributed by atoms with Crippen molar-refractivity contribution in [2.24, 2.45) is 22.7 Å². The SMILES string of the molecule is CC1(C)OC[C@@H]2[C@H](C=C[C@@]3(C)/C=C\CC(C)(C)[C@]4(O[C@H]4CC4(C)OCCO4)C(=O)[C@@H]23)O1. The lowest BCUT2D eigenvalue weighted by Crippen LogP contribution is -2.59. The van der Waals surface area contributed by atoms with Crippen LogP contribution in [0, 0.1) is 22.7 Å². The molecule has 6 nitrogen and oxygen atoms in total. The number of ketones is 1. The zero-order chi connectivity index (χ0) is 22.3. The van der Waals surface area contributed by atoms with E-state index in [9.17, 15) is 4.79 Å². The Bertz CT molecular complexity index is 822. The molecule has 0 aromatic carbocycles. The summed E-state index contributed by atoms with van der Waals surface area (Å²) in [6.45, 7) is 13.9. The molecule has 5 aliphatic rings. The monoisotopic (exact) mass is 432 g/mol. The van der Waals surface area contributed by atoms with Gasteiger partial charge in [0.05, 0.1) is 25.9 Å². The van der Waals surface area contributed by atoms with Gasteiger partial charge in [-0.2, -0.15) is 0 Å². The number of Topliss-reactive ketones (excluding diaryl/α,β-unsaturated/α-hetero) is 1. The van der Waals surface area contributed by atoms with Crippen molar-refractivity contribution in [3.8, 4) is 0 Å². The molecule has 31 heavy (non-hydrogen) atoms. The van der Waals surface area contributed by atoms with Gasteiger partial charge in [-0.25, -0.2) is 0 Å². The summed E-state index contributed by atoms with van der Waals surface area (Å²) in [5.41, 5.74) is -1.59. The van der Waals surface area contributed by atoms with Gasteiger partial charge in [0.2, 0.25) is 0 Å². The van der Waals surface area contributed by atoms with Gasteiger partial charge in [0.25, 0.3) is 0 Å². The molecule has 172 valence electrons. The van der Waals surface area contributed by atoms with Crippen molar-refractivity contribution in [1.29, 1.82) is 0 Å². The third kappa shape index (κ3) is 3.29. The lowest BCUT2D eigenvalue weighted by atomic mass is 9.56. The summed E-state index contributed by atoms with van der Waals surface area (Å²) in [6, 6.07) is 0. The summed E-state index contributed by atoms with van der Waals surface area (Å²) in [7, 11) is 0. The summed E-state index contributed by atoms with van der Waals surface area (Å²) in [5.74, 6) is -1.51. The van der Waals surface area contributed by atoms with E-state index in [4.69, 9.17) is 23.7 Å². The molecule has 2 aliphatic carbocycles. The normalized spacial score (nSPS) is 47.9. The van der Waals surface area contributed by atoms with Crippen LogP contribution in [0.4, 0.5) is 0 Å². The van der Waals surface area contributed by atoms with Crippen molar-refractivity contribution in [2.45, 2.75) is 83.8 Å². The zero-order valence-electron chi connectivity index (χ0n) is 19.6. The third-order valence-corrected chi connectivity index (χ3v) is 8.15. The average molecular weight is 433 g/mol. The van der Waals surface area contributed by atoms with Crippen molar-refractivity contribution in [1.82, 2.24) is 0 Å². The highest BCUT2D eigenvalue weighted by Crippen LogP contribution is 2.61. The number of hydrogen-bond acceptors (Lipinski definition) is 6. The van der Waals surface area contributed by atoms with Crippen molar-refractivity contribution in [3.05, 3.63) is 24.3 Å². The molecular formula is C25H36O6. The number of hydrogen-bond donors (Lipinski definition) is 0. The fourth-order valence-electron chi connectivity index (χ4n) is 6.33. The van der Waals surface area contributed by atoms with E-state index in [1.807, 2.05) is 20.8 Å². The van der Waals surface area contributed by atoms with Crippen LogP contribution in [0.3, 0.4) is 0 Å². The first-order valence-corrected chi connectivity index (χ1v) is 11.6. The number of carbonyl (C=O) groups excluding carboxylic acids is 1. The van der Waals surface area contributed by atoms with Crippen molar-refractivity contribution in [2.75, 3.05) is 19.8 Å². The van der Waals surface area contributed by atoms with Gasteiger partial charge in [-0.3, -0.25) is 4.79 Å². The van der Waals surface area contributed by atoms with Crippen molar-refractivity contribution >= 4 is 5.78 Å². The molecule has 3 heterocycles. The van der Waals surface area contributed by atoms with Gasteiger partial charge in [-0.05, 0) is 27.2 Å². The second-order valence-corrected chi connectivity index (χ2v) is 11.4. The van der Waals surface area contributed by atoms with Crippen LogP contribution in [0.15, 0.2) is 24.3 Å². The Hall–Kier alpha value is -1.05. The van der Waals surface area contributed by atoms with E-state index in [-0.39, 0.29) is 35.2 Å². The molecule has 3 fully saturated rings. The molecule has 1 spiro atoms. The molecule has 0 aromatic rings. The Kier molecular flexibility index (Phi) is 4.73. The maximum atomic E-state index is 14.5. The van der Waals surface area contributed by atoms with Crippen LogP contribution in [0.5, 0.6) is 0 Å². The number of ether oxygens (including phenoxy) is 5. The lowest BCUT2D eigenvalue weighted by molar-refractivity contribution is -0.291. The Morgan fingerprint density at radius 1 is 0.968 bits per heavy atom. The average Bonchev–Trinajstić information content (AvgIpc) is 3.24. The molecule has 0 amide bonds. The van der Waals surface area contributed by atoms with Crippen LogP contribution in [0.2, 0.25) is 0 Å². The summed E-state index contributed by atoms with van der Waals surface area (Å²) in [6.07, 6.45) is 9.67. The van der Waals surface area contributed by atoms with Crippen LogP contribution >= 0.6 is 0 Å². The first-order valence-electron chi connectivity index (χ1n) is 11.6. The van der Waals surface area contributed by atoms with Crippen LogP contribution < -0.4 is 0 Å². The van der Waals surface area contributed by atoms with Gasteiger partial charge in [0.15, 0.2) is 23.0 Å². The Balaban J connectivity index is 1.52. The van der Waals surface area contributed by atoms with E-state index >= 15 is 0 Å². The lowest BCUT2D eigenvalue weighted by Gasteiger charge is -2.51. The molecule has 0 aromatic heterocycles. The van der Waals surface area contributed by atoms with Crippen molar-refractivity contribution < 1.29 is 28.5 Å². The fraction of sp³-hybridized carbons (Fsp3) is 0.800. The van der Waals surface area contributed by atoms with Gasteiger partial charge in [0, 0.05) is 29.1 Å². The Labute approximate surface area is 185 Å². The molecule has 0 saturated carbocycles. The maximum Gasteiger partial charge on any atom is 0.172 e. The number of fused-ring (bicyclic) bond motifs is 3. The van der Waals surface area contributed by atoms with Gasteiger partial charge in [-0.1, -0.05) is 45.1 Å². The number of carbonyl (C=O) groups is 1. The first-order chi connectivity index (χ1) is 14.4. The van der Waals surface area contributed by atoms with E-state index in [2.05, 4.69) is 45.1 Å². The highest BCUT2D eigenvalue weighted by molar-refractivity contribution is 5.95. The van der Waals surface area contributed by atoms with E-state index in [0.29, 0.717) is 26.2 Å². The largest absolute Gasteiger partial charge is 0.357 e. The van der Waals surface area contributed by atoms with E-state index in [1.165, 1.54) is 0 Å². The van der Waals surface area contributed by atoms with Gasteiger partial charge < -0.3 is 23.7 Å². The topological polar surface area (TPSA) is 66.5 Å². The van der Waals surface area contributed by atoms with Gasteiger partial charge in [-0.15, -0.1) is 0 Å². The van der Waals surface area contributed by atoms with Crippen LogP contribution in [0.25, 0.3) is 0 Å². The number of rotatable bonds is 2. The highest BCUT2D eigenvalue weighted by atomic mass is 16.7. The maximum absolute atomic E-state index is 14.5. The predicted octanol–water partition coefficient (Wildman–Crippen LogP) is 3.79. The third-order valence-electron chi connectivity index (χ3n) is 8.15. The Morgan fingerprint density at radius 3 is 2.39 bits per heavy atom. The number of epoxide rings is 1. The molecule has 3 saturated heterocycles. The van der Waals surface area contributed by atoms with E-state index < -0.39 is 22.6 Å². The quantitative estimate of drug-likeness (QED) is 0.489. The molecule has 6 atom stereocenters. The second kappa shape index (κ2) is 6.73. The van der Waals surface area contributed by atoms with Crippen molar-refractivity contribution in [3.63, 3.8) is 0 Å². The molecule has 5 rings (SSSR count). The van der Waals surface area contributed by atoms with Crippen LogP contribution in [-0.2, 0) is 28.5 Å². The van der Waals surface area contributed by atoms with Gasteiger partial charge >= 0.3 is 0 Å². The minimum atomic E-state index is -0.856. The molecule has 0 radical (unpaired) electrons. The minimum Gasteiger partial charge on any atom is -0.357 e. The Morgan fingerprint density at radius 2 is 1.68 bits per heavy atom. The standard InChI is InChI=1S/C25H36O6/c1-21(2)9-7-10-23(5)11-8-17-16(15-29-22(3,4)30-17)19(23)20(26)25(21)18(31-25)14-24(6)27-12-13-28-24/h7-8,10-11,16-19H,9,12-15H2,1-6H3/b10-7-/t16-,17+,18+,19-,23-,25-/m1/s1. The zero-order valence-corrected chi connectivity index (χ0v) is 19.6. The first kappa shape index (κ1) is 21.8. The minimum absolute atomic E-state index is 0.0506. The second-order valence-electron chi connectivity index (χ2n) is 11.4. The van der Waals surface area contributed by atoms with Gasteiger partial charge in [0.1, 0.15) is 6.10 Å². The summed E-state index contributed by atoms with van der Waals surface area (Å²) in [5, 5.41) is 0. The summed E-state index contributed by atoms with van der Waals surface area (Å²) >= 11 is 0. The molecule has 0 bridgehead atoms. The summed E-state index contributed by atoms with van der Waals surface area (Å²) < 4.78 is 30.3. The fourth-order valence-corrected chi connectivity index (χ4v) is 6.33. The number of allylic oxidation sites excluding steroid dienone is 3. The van der Waals surface area contributed by atoms with E-state index in [0.717, 1.165) is 6.42 Å².